The molecule has 4 bridgehead atoms. The Kier molecular flexibility index (Phi) is 4.86. The third-order valence-corrected chi connectivity index (χ3v) is 7.38. The topological polar surface area (TPSA) is 107 Å². The summed E-state index contributed by atoms with van der Waals surface area (Å²) in [5, 5.41) is -5.04. The molecule has 7 nitrogen and oxygen atoms in total. The van der Waals surface area contributed by atoms with E-state index in [1.807, 2.05) is 6.92 Å². The van der Waals surface area contributed by atoms with E-state index in [9.17, 15) is 26.8 Å². The number of esters is 2. The third kappa shape index (κ3) is 3.53. The van der Waals surface area contributed by atoms with Gasteiger partial charge in [0.15, 0.2) is 0 Å². The van der Waals surface area contributed by atoms with Gasteiger partial charge in [0.25, 0.3) is 0 Å². The summed E-state index contributed by atoms with van der Waals surface area (Å²) in [5.41, 5.74) is -2.92. The quantitative estimate of drug-likeness (QED) is 0.516. The Morgan fingerprint density at radius 3 is 1.86 bits per heavy atom. The van der Waals surface area contributed by atoms with Crippen LogP contribution in [0.5, 0.6) is 0 Å². The highest BCUT2D eigenvalue weighted by molar-refractivity contribution is 7.87. The maximum atomic E-state index is 13.7. The smallest absolute Gasteiger partial charge is 0.458 e. The SMILES string of the molecule is CCC(C)(C)C(=O)OC12CC3CC(C1)CC(OC(=O)C(F)(F)S(=O)(=O)O)(C3)C2. The molecule has 4 aliphatic carbocycles. The predicted octanol–water partition coefficient (Wildman–Crippen LogP) is 3.08. The molecule has 160 valence electrons. The van der Waals surface area contributed by atoms with Gasteiger partial charge in [-0.15, -0.1) is 0 Å². The zero-order chi connectivity index (χ0) is 21.2. The van der Waals surface area contributed by atoms with Crippen LogP contribution in [0.2, 0.25) is 0 Å². The van der Waals surface area contributed by atoms with Gasteiger partial charge in [-0.05, 0) is 64.2 Å². The van der Waals surface area contributed by atoms with Gasteiger partial charge < -0.3 is 9.47 Å². The van der Waals surface area contributed by atoms with Gasteiger partial charge >= 0.3 is 27.3 Å². The molecule has 0 amide bonds. The molecule has 4 aliphatic rings. The van der Waals surface area contributed by atoms with Gasteiger partial charge in [0.05, 0.1) is 5.41 Å². The first kappa shape index (κ1) is 21.4. The van der Waals surface area contributed by atoms with E-state index >= 15 is 0 Å². The fraction of sp³-hybridized carbons (Fsp3) is 0.889. The van der Waals surface area contributed by atoms with Crippen LogP contribution in [0.3, 0.4) is 0 Å². The predicted molar refractivity (Wildman–Crippen MR) is 92.9 cm³/mol. The van der Waals surface area contributed by atoms with Gasteiger partial charge in [-0.1, -0.05) is 6.92 Å². The van der Waals surface area contributed by atoms with Crippen LogP contribution in [0.1, 0.15) is 65.7 Å². The molecular weight excluding hydrogens is 398 g/mol. The van der Waals surface area contributed by atoms with Crippen molar-refractivity contribution >= 4 is 22.1 Å². The van der Waals surface area contributed by atoms with Crippen molar-refractivity contribution < 1.29 is 40.8 Å². The minimum absolute atomic E-state index is 0.0333. The van der Waals surface area contributed by atoms with Gasteiger partial charge in [-0.2, -0.15) is 17.2 Å². The molecule has 0 saturated heterocycles. The number of alkyl halides is 2. The first-order valence-electron chi connectivity index (χ1n) is 9.45. The summed E-state index contributed by atoms with van der Waals surface area (Å²) in [6.45, 7) is 5.39. The van der Waals surface area contributed by atoms with E-state index in [-0.39, 0.29) is 24.2 Å². The molecule has 28 heavy (non-hydrogen) atoms. The van der Waals surface area contributed by atoms with Gasteiger partial charge in [0, 0.05) is 6.42 Å². The molecule has 0 spiro atoms. The van der Waals surface area contributed by atoms with E-state index in [2.05, 4.69) is 0 Å². The van der Waals surface area contributed by atoms with Crippen molar-refractivity contribution in [3.8, 4) is 0 Å². The van der Waals surface area contributed by atoms with Crippen LogP contribution in [0, 0.1) is 17.3 Å². The van der Waals surface area contributed by atoms with Crippen molar-refractivity contribution in [1.29, 1.82) is 0 Å². The Balaban J connectivity index is 1.84. The molecule has 2 atom stereocenters. The summed E-state index contributed by atoms with van der Waals surface area (Å²) >= 11 is 0. The van der Waals surface area contributed by atoms with E-state index in [1.165, 1.54) is 0 Å². The molecule has 0 aromatic heterocycles. The van der Waals surface area contributed by atoms with Crippen LogP contribution < -0.4 is 0 Å². The lowest BCUT2D eigenvalue weighted by molar-refractivity contribution is -0.240. The summed E-state index contributed by atoms with van der Waals surface area (Å²) in [7, 11) is -5.94. The number of hydrogen-bond donors (Lipinski definition) is 1. The van der Waals surface area contributed by atoms with Gasteiger partial charge in [0.1, 0.15) is 11.2 Å². The molecule has 10 heteroatoms. The normalized spacial score (nSPS) is 34.9. The van der Waals surface area contributed by atoms with E-state index in [0.29, 0.717) is 32.1 Å². The second-order valence-electron chi connectivity index (χ2n) is 9.34. The Morgan fingerprint density at radius 1 is 1.04 bits per heavy atom. The fourth-order valence-electron chi connectivity index (χ4n) is 5.18. The van der Waals surface area contributed by atoms with Crippen molar-refractivity contribution in [2.75, 3.05) is 0 Å². The number of carbonyl (C=O) groups is 2. The number of ether oxygens (including phenoxy) is 2. The van der Waals surface area contributed by atoms with Crippen LogP contribution in [0.25, 0.3) is 0 Å². The minimum Gasteiger partial charge on any atom is -0.458 e. The Bertz CT molecular complexity index is 776. The molecule has 0 radical (unpaired) electrons. The lowest BCUT2D eigenvalue weighted by atomic mass is 9.52. The number of halogens is 2. The standard InChI is InChI=1S/C18H26F2O7S/c1-4-15(2,3)13(21)26-16-6-11-5-12(7-16)9-17(8-11,10-16)27-14(22)18(19,20)28(23,24)25/h11-12H,4-10H2,1-3H3,(H,23,24,25). The molecule has 0 aromatic rings. The van der Waals surface area contributed by atoms with Crippen LogP contribution in [0.4, 0.5) is 8.78 Å². The Hall–Kier alpha value is -1.29. The van der Waals surface area contributed by atoms with Crippen molar-refractivity contribution in [3.63, 3.8) is 0 Å². The summed E-state index contributed by atoms with van der Waals surface area (Å²) in [6.07, 6.45) is 3.22. The van der Waals surface area contributed by atoms with E-state index in [0.717, 1.165) is 6.42 Å². The first-order valence-corrected chi connectivity index (χ1v) is 10.9. The van der Waals surface area contributed by atoms with Crippen molar-refractivity contribution in [3.05, 3.63) is 0 Å². The van der Waals surface area contributed by atoms with Crippen molar-refractivity contribution in [1.82, 2.24) is 0 Å². The number of carbonyl (C=O) groups excluding carboxylic acids is 2. The second-order valence-corrected chi connectivity index (χ2v) is 10.8. The largest absolute Gasteiger partial charge is 0.465 e. The number of hydrogen-bond acceptors (Lipinski definition) is 6. The zero-order valence-electron chi connectivity index (χ0n) is 16.2. The van der Waals surface area contributed by atoms with Crippen LogP contribution in [-0.2, 0) is 29.2 Å². The lowest BCUT2D eigenvalue weighted by Gasteiger charge is -2.60. The Morgan fingerprint density at radius 2 is 1.46 bits per heavy atom. The van der Waals surface area contributed by atoms with E-state index in [4.69, 9.17) is 14.0 Å². The molecular formula is C18H26F2O7S. The Labute approximate surface area is 162 Å². The summed E-state index contributed by atoms with van der Waals surface area (Å²) in [5.74, 6) is -2.61. The van der Waals surface area contributed by atoms with E-state index < -0.39 is 38.0 Å². The average Bonchev–Trinajstić information content (AvgIpc) is 2.51. The highest BCUT2D eigenvalue weighted by Crippen LogP contribution is 2.60. The van der Waals surface area contributed by atoms with Crippen LogP contribution in [-0.4, -0.2) is 41.4 Å². The molecule has 2 unspecified atom stereocenters. The van der Waals surface area contributed by atoms with Crippen LogP contribution in [0.15, 0.2) is 0 Å². The first-order chi connectivity index (χ1) is 12.6. The number of rotatable bonds is 6. The zero-order valence-corrected chi connectivity index (χ0v) is 17.0. The fourth-order valence-corrected chi connectivity index (χ4v) is 5.43. The summed E-state index contributed by atoms with van der Waals surface area (Å²) in [4.78, 5) is 24.5. The molecule has 0 aromatic carbocycles. The lowest BCUT2D eigenvalue weighted by Crippen LogP contribution is -2.63. The second kappa shape index (κ2) is 6.35. The third-order valence-electron chi connectivity index (χ3n) is 6.57. The van der Waals surface area contributed by atoms with Gasteiger partial charge in [-0.3, -0.25) is 9.35 Å². The minimum atomic E-state index is -5.94. The monoisotopic (exact) mass is 424 g/mol. The summed E-state index contributed by atoms with van der Waals surface area (Å²) < 4.78 is 68.8. The van der Waals surface area contributed by atoms with Crippen molar-refractivity contribution in [2.45, 2.75) is 82.2 Å². The molecule has 4 fully saturated rings. The maximum Gasteiger partial charge on any atom is 0.465 e. The van der Waals surface area contributed by atoms with Gasteiger partial charge in [-0.25, -0.2) is 4.79 Å². The van der Waals surface area contributed by atoms with Gasteiger partial charge in [0.2, 0.25) is 0 Å². The van der Waals surface area contributed by atoms with E-state index in [1.54, 1.807) is 13.8 Å². The maximum absolute atomic E-state index is 13.7. The molecule has 4 rings (SSSR count). The molecule has 4 saturated carbocycles. The average molecular weight is 424 g/mol. The molecule has 1 N–H and O–H groups in total. The summed E-state index contributed by atoms with van der Waals surface area (Å²) in [6, 6.07) is 0. The molecule has 0 heterocycles. The highest BCUT2D eigenvalue weighted by Gasteiger charge is 2.64. The van der Waals surface area contributed by atoms with Crippen LogP contribution >= 0.6 is 0 Å². The highest BCUT2D eigenvalue weighted by atomic mass is 32.2. The molecule has 0 aliphatic heterocycles. The van der Waals surface area contributed by atoms with Crippen molar-refractivity contribution in [2.24, 2.45) is 17.3 Å².